The highest BCUT2D eigenvalue weighted by Crippen LogP contribution is 2.40. The Labute approximate surface area is 174 Å². The van der Waals surface area contributed by atoms with Crippen LogP contribution < -0.4 is 10.1 Å². The van der Waals surface area contributed by atoms with Crippen molar-refractivity contribution in [2.24, 2.45) is 0 Å². The number of benzene rings is 1. The summed E-state index contributed by atoms with van der Waals surface area (Å²) in [5, 5.41) is 4.69. The van der Waals surface area contributed by atoms with Gasteiger partial charge in [0.25, 0.3) is 0 Å². The third kappa shape index (κ3) is 4.36. The van der Waals surface area contributed by atoms with Gasteiger partial charge in [-0.1, -0.05) is 0 Å². The molecule has 4 rings (SSSR count). The Morgan fingerprint density at radius 3 is 2.79 bits per heavy atom. The summed E-state index contributed by atoms with van der Waals surface area (Å²) in [6, 6.07) is 4.39. The van der Waals surface area contributed by atoms with Crippen LogP contribution in [0.5, 0.6) is 5.75 Å². The maximum Gasteiger partial charge on any atom is 0.132 e. The summed E-state index contributed by atoms with van der Waals surface area (Å²) in [5.74, 6) is 1.92. The van der Waals surface area contributed by atoms with Crippen LogP contribution in [0.3, 0.4) is 0 Å². The van der Waals surface area contributed by atoms with E-state index in [2.05, 4.69) is 50.0 Å². The van der Waals surface area contributed by atoms with Gasteiger partial charge in [0.05, 0.1) is 24.3 Å². The molecule has 0 saturated carbocycles. The molecule has 5 heteroatoms. The number of aromatic nitrogens is 1. The topological polar surface area (TPSA) is 46.6 Å². The first kappa shape index (κ1) is 20.4. The zero-order valence-electron chi connectivity index (χ0n) is 18.4. The summed E-state index contributed by atoms with van der Waals surface area (Å²) < 4.78 is 12.3. The molecule has 3 heterocycles. The summed E-state index contributed by atoms with van der Waals surface area (Å²) in [5.41, 5.74) is 4.80. The number of pyridine rings is 1. The van der Waals surface area contributed by atoms with Crippen molar-refractivity contribution >= 4 is 16.7 Å². The average molecular weight is 398 g/mol. The van der Waals surface area contributed by atoms with E-state index in [1.165, 1.54) is 48.0 Å². The number of fused-ring (bicyclic) bond motifs is 3. The smallest absolute Gasteiger partial charge is 0.132 e. The number of nitrogens with one attached hydrogen (secondary N) is 1. The zero-order chi connectivity index (χ0) is 20.4. The predicted molar refractivity (Wildman–Crippen MR) is 119 cm³/mol. The molecule has 1 aromatic heterocycles. The first-order valence-corrected chi connectivity index (χ1v) is 11.3. The highest BCUT2D eigenvalue weighted by atomic mass is 16.5. The summed E-state index contributed by atoms with van der Waals surface area (Å²) in [6.45, 7) is 13.8. The molecule has 5 nitrogen and oxygen atoms in total. The van der Waals surface area contributed by atoms with Gasteiger partial charge in [-0.05, 0) is 83.7 Å². The summed E-state index contributed by atoms with van der Waals surface area (Å²) >= 11 is 0. The molecule has 1 fully saturated rings. The molecule has 2 unspecified atom stereocenters. The van der Waals surface area contributed by atoms with Crippen LogP contribution in [0, 0.1) is 6.92 Å². The molecule has 0 amide bonds. The summed E-state index contributed by atoms with van der Waals surface area (Å²) in [4.78, 5) is 7.51. The van der Waals surface area contributed by atoms with Gasteiger partial charge in [-0.3, -0.25) is 0 Å². The molecular weight excluding hydrogens is 362 g/mol. The first-order chi connectivity index (χ1) is 14.1. The lowest BCUT2D eigenvalue weighted by Crippen LogP contribution is -2.24. The molecule has 158 valence electrons. The predicted octanol–water partition coefficient (Wildman–Crippen LogP) is 4.86. The third-order valence-corrected chi connectivity index (χ3v) is 6.18. The van der Waals surface area contributed by atoms with E-state index < -0.39 is 0 Å². The van der Waals surface area contributed by atoms with E-state index in [0.29, 0.717) is 0 Å². The van der Waals surface area contributed by atoms with Crippen molar-refractivity contribution in [2.45, 2.75) is 65.6 Å². The second kappa shape index (κ2) is 8.88. The lowest BCUT2D eigenvalue weighted by Gasteiger charge is -2.31. The van der Waals surface area contributed by atoms with E-state index >= 15 is 0 Å². The lowest BCUT2D eigenvalue weighted by atomic mass is 9.91. The zero-order valence-corrected chi connectivity index (χ0v) is 18.4. The monoisotopic (exact) mass is 397 g/mol. The SMILES string of the molecule is CCNc1nc2cc(OCCCN3CCCC3)c(C)cc2c2c1C(C)OC(C)C2. The number of hydrogen-bond acceptors (Lipinski definition) is 5. The van der Waals surface area contributed by atoms with Crippen LogP contribution in [-0.2, 0) is 11.2 Å². The van der Waals surface area contributed by atoms with Crippen LogP contribution in [0.4, 0.5) is 5.82 Å². The number of ether oxygens (including phenoxy) is 2. The minimum atomic E-state index is 0.0570. The van der Waals surface area contributed by atoms with E-state index in [-0.39, 0.29) is 12.2 Å². The van der Waals surface area contributed by atoms with Crippen LogP contribution >= 0.6 is 0 Å². The van der Waals surface area contributed by atoms with Gasteiger partial charge < -0.3 is 19.7 Å². The standard InChI is InChI=1S/C24H35N3O2/c1-5-25-24-23-18(4)29-17(3)14-20(23)19-13-16(2)22(15-21(19)26-24)28-12-8-11-27-9-6-7-10-27/h13,15,17-18H,5-12,14H2,1-4H3,(H,25,26). The number of rotatable bonds is 7. The van der Waals surface area contributed by atoms with Crippen molar-refractivity contribution in [3.8, 4) is 5.75 Å². The maximum absolute atomic E-state index is 6.18. The molecule has 2 aliphatic heterocycles. The fourth-order valence-corrected chi connectivity index (χ4v) is 4.82. The molecule has 2 aromatic rings. The molecule has 1 aromatic carbocycles. The van der Waals surface area contributed by atoms with Crippen molar-refractivity contribution in [1.29, 1.82) is 0 Å². The van der Waals surface area contributed by atoms with Crippen molar-refractivity contribution in [1.82, 2.24) is 9.88 Å². The van der Waals surface area contributed by atoms with Gasteiger partial charge in [-0.25, -0.2) is 4.98 Å². The van der Waals surface area contributed by atoms with E-state index in [0.717, 1.165) is 49.6 Å². The number of aryl methyl sites for hydroxylation is 1. The molecular formula is C24H35N3O2. The van der Waals surface area contributed by atoms with Gasteiger partial charge in [-0.2, -0.15) is 0 Å². The van der Waals surface area contributed by atoms with Crippen molar-refractivity contribution in [2.75, 3.05) is 38.1 Å². The quantitative estimate of drug-likeness (QED) is 0.676. The Hall–Kier alpha value is -1.85. The maximum atomic E-state index is 6.18. The van der Waals surface area contributed by atoms with E-state index in [1.54, 1.807) is 0 Å². The lowest BCUT2D eigenvalue weighted by molar-refractivity contribution is -0.00397. The second-order valence-electron chi connectivity index (χ2n) is 8.56. The van der Waals surface area contributed by atoms with Crippen LogP contribution in [0.2, 0.25) is 0 Å². The fraction of sp³-hybridized carbons (Fsp3) is 0.625. The van der Waals surface area contributed by atoms with E-state index in [1.807, 2.05) is 0 Å². The second-order valence-corrected chi connectivity index (χ2v) is 8.56. The average Bonchev–Trinajstić information content (AvgIpc) is 3.19. The Morgan fingerprint density at radius 2 is 2.03 bits per heavy atom. The van der Waals surface area contributed by atoms with E-state index in [4.69, 9.17) is 14.5 Å². The van der Waals surface area contributed by atoms with Crippen LogP contribution in [0.25, 0.3) is 10.9 Å². The minimum absolute atomic E-state index is 0.0570. The van der Waals surface area contributed by atoms with Gasteiger partial charge in [-0.15, -0.1) is 0 Å². The first-order valence-electron chi connectivity index (χ1n) is 11.3. The van der Waals surface area contributed by atoms with Crippen molar-refractivity contribution < 1.29 is 9.47 Å². The molecule has 0 radical (unpaired) electrons. The van der Waals surface area contributed by atoms with Gasteiger partial charge >= 0.3 is 0 Å². The van der Waals surface area contributed by atoms with E-state index in [9.17, 15) is 0 Å². The van der Waals surface area contributed by atoms with Crippen molar-refractivity contribution in [3.63, 3.8) is 0 Å². The molecule has 0 bridgehead atoms. The van der Waals surface area contributed by atoms with Gasteiger partial charge in [0, 0.05) is 30.1 Å². The summed E-state index contributed by atoms with van der Waals surface area (Å²) in [7, 11) is 0. The van der Waals surface area contributed by atoms with Crippen molar-refractivity contribution in [3.05, 3.63) is 28.8 Å². The fourth-order valence-electron chi connectivity index (χ4n) is 4.82. The highest BCUT2D eigenvalue weighted by Gasteiger charge is 2.28. The number of nitrogens with zero attached hydrogens (tertiary/aromatic N) is 2. The van der Waals surface area contributed by atoms with Gasteiger partial charge in [0.1, 0.15) is 11.6 Å². The molecule has 0 aliphatic carbocycles. The largest absolute Gasteiger partial charge is 0.493 e. The highest BCUT2D eigenvalue weighted by molar-refractivity contribution is 5.88. The number of hydrogen-bond donors (Lipinski definition) is 1. The Morgan fingerprint density at radius 1 is 1.24 bits per heavy atom. The van der Waals surface area contributed by atoms with Gasteiger partial charge in [0.2, 0.25) is 0 Å². The Bertz CT molecular complexity index is 861. The molecule has 2 atom stereocenters. The third-order valence-electron chi connectivity index (χ3n) is 6.18. The molecule has 29 heavy (non-hydrogen) atoms. The molecule has 1 saturated heterocycles. The Balaban J connectivity index is 1.59. The van der Waals surface area contributed by atoms with Gasteiger partial charge in [0.15, 0.2) is 0 Å². The number of anilines is 1. The van der Waals surface area contributed by atoms with Crippen LogP contribution in [0.15, 0.2) is 12.1 Å². The normalized spacial score (nSPS) is 22.1. The molecule has 0 spiro atoms. The van der Waals surface area contributed by atoms with Crippen LogP contribution in [-0.4, -0.2) is 48.8 Å². The molecule has 1 N–H and O–H groups in total. The Kier molecular flexibility index (Phi) is 6.26. The summed E-state index contributed by atoms with van der Waals surface area (Å²) in [6.07, 6.45) is 4.96. The minimum Gasteiger partial charge on any atom is -0.493 e. The van der Waals surface area contributed by atoms with Crippen LogP contribution in [0.1, 0.15) is 62.8 Å². The molecule has 2 aliphatic rings. The number of likely N-dealkylation sites (tertiary alicyclic amines) is 1.